The number of hydrogen-bond donors (Lipinski definition) is 2. The second-order valence-corrected chi connectivity index (χ2v) is 11.4. The number of carbonyl (C=O) groups is 3. The van der Waals surface area contributed by atoms with Crippen LogP contribution in [0.3, 0.4) is 0 Å². The van der Waals surface area contributed by atoms with Gasteiger partial charge in [-0.05, 0) is 57.5 Å². The fourth-order valence-corrected chi connectivity index (χ4v) is 5.32. The van der Waals surface area contributed by atoms with Crippen molar-refractivity contribution in [3.63, 3.8) is 0 Å². The number of thioether (sulfide) groups is 1. The molecule has 12 heteroatoms. The molecular formula is C27H40ClN5O5S. The van der Waals surface area contributed by atoms with Gasteiger partial charge in [-0.3, -0.25) is 14.4 Å². The Balaban J connectivity index is 0.00000533. The summed E-state index contributed by atoms with van der Waals surface area (Å²) >= 11 is 1.38. The summed E-state index contributed by atoms with van der Waals surface area (Å²) in [6, 6.07) is 5.96. The zero-order valence-corrected chi connectivity index (χ0v) is 25.0. The van der Waals surface area contributed by atoms with Crippen LogP contribution in [0.2, 0.25) is 0 Å². The maximum absolute atomic E-state index is 13.8. The highest BCUT2D eigenvalue weighted by Gasteiger charge is 2.43. The summed E-state index contributed by atoms with van der Waals surface area (Å²) in [6.45, 7) is 4.78. The molecule has 1 saturated carbocycles. The smallest absolute Gasteiger partial charge is 0.286 e. The molecule has 0 saturated heterocycles. The number of methoxy groups -OCH3 is 1. The molecule has 216 valence electrons. The fourth-order valence-electron chi connectivity index (χ4n) is 4.45. The molecule has 2 amide bonds. The number of halogens is 1. The van der Waals surface area contributed by atoms with Gasteiger partial charge in [0, 0.05) is 17.9 Å². The van der Waals surface area contributed by atoms with E-state index >= 15 is 0 Å². The molecule has 1 fully saturated rings. The number of ether oxygens (including phenoxy) is 1. The zero-order chi connectivity index (χ0) is 27.7. The highest BCUT2D eigenvalue weighted by Crippen LogP contribution is 2.30. The van der Waals surface area contributed by atoms with E-state index in [2.05, 4.69) is 20.8 Å². The van der Waals surface area contributed by atoms with Gasteiger partial charge in [0.1, 0.15) is 11.3 Å². The van der Waals surface area contributed by atoms with E-state index < -0.39 is 17.4 Å². The average Bonchev–Trinajstić information content (AvgIpc) is 3.36. The first-order chi connectivity index (χ1) is 18.1. The molecule has 2 aromatic rings. The Hall–Kier alpha value is -2.63. The highest BCUT2D eigenvalue weighted by molar-refractivity contribution is 7.99. The van der Waals surface area contributed by atoms with E-state index in [-0.39, 0.29) is 36.0 Å². The van der Waals surface area contributed by atoms with Gasteiger partial charge in [0.15, 0.2) is 0 Å². The lowest BCUT2D eigenvalue weighted by Crippen LogP contribution is -2.62. The Kier molecular flexibility index (Phi) is 12.7. The molecule has 1 aliphatic rings. The van der Waals surface area contributed by atoms with E-state index in [1.165, 1.54) is 18.9 Å². The lowest BCUT2D eigenvalue weighted by Gasteiger charge is -2.37. The van der Waals surface area contributed by atoms with Crippen LogP contribution in [0.1, 0.15) is 73.4 Å². The number of ketones is 1. The number of Topliss-reactive ketones (excluding diaryl/α,β-unsaturated/α-hetero) is 1. The predicted octanol–water partition coefficient (Wildman–Crippen LogP) is 4.00. The molecule has 1 atom stereocenters. The lowest BCUT2D eigenvalue weighted by atomic mass is 9.80. The SMILES string of the molecule is COc1cccc(C(=O)NC2(C(=O)NC(CC(C)C)C(=O)c3nnc(SCCN(C)C)o3)CCCCC2)c1.Cl. The van der Waals surface area contributed by atoms with Crippen LogP contribution in [0.25, 0.3) is 0 Å². The van der Waals surface area contributed by atoms with Gasteiger partial charge in [-0.1, -0.05) is 50.9 Å². The lowest BCUT2D eigenvalue weighted by molar-refractivity contribution is -0.129. The van der Waals surface area contributed by atoms with Gasteiger partial charge >= 0.3 is 0 Å². The number of aromatic nitrogens is 2. The van der Waals surface area contributed by atoms with Crippen molar-refractivity contribution in [1.29, 1.82) is 0 Å². The predicted molar refractivity (Wildman–Crippen MR) is 153 cm³/mol. The van der Waals surface area contributed by atoms with Crippen LogP contribution in [-0.4, -0.2) is 77.8 Å². The number of nitrogens with one attached hydrogen (secondary N) is 2. The number of amides is 2. The van der Waals surface area contributed by atoms with E-state index in [0.29, 0.717) is 35.8 Å². The summed E-state index contributed by atoms with van der Waals surface area (Å²) in [5, 5.41) is 14.2. The molecular weight excluding hydrogens is 542 g/mol. The molecule has 1 aromatic carbocycles. The van der Waals surface area contributed by atoms with Gasteiger partial charge in [0.05, 0.1) is 13.2 Å². The van der Waals surface area contributed by atoms with E-state index in [9.17, 15) is 14.4 Å². The molecule has 0 radical (unpaired) electrons. The van der Waals surface area contributed by atoms with Crippen LogP contribution in [0.5, 0.6) is 5.75 Å². The number of nitrogens with zero attached hydrogens (tertiary/aromatic N) is 3. The summed E-state index contributed by atoms with van der Waals surface area (Å²) in [4.78, 5) is 42.4. The summed E-state index contributed by atoms with van der Waals surface area (Å²) in [6.07, 6.45) is 3.96. The van der Waals surface area contributed by atoms with Crippen LogP contribution in [0, 0.1) is 5.92 Å². The van der Waals surface area contributed by atoms with E-state index in [4.69, 9.17) is 9.15 Å². The monoisotopic (exact) mass is 581 g/mol. The van der Waals surface area contributed by atoms with Crippen LogP contribution >= 0.6 is 24.2 Å². The Morgan fingerprint density at radius 1 is 1.15 bits per heavy atom. The van der Waals surface area contributed by atoms with Gasteiger partial charge in [-0.25, -0.2) is 0 Å². The maximum atomic E-state index is 13.8. The molecule has 39 heavy (non-hydrogen) atoms. The first kappa shape index (κ1) is 32.6. The minimum absolute atomic E-state index is 0. The third-order valence-corrected chi connectivity index (χ3v) is 7.34. The second-order valence-electron chi connectivity index (χ2n) is 10.4. The van der Waals surface area contributed by atoms with Crippen molar-refractivity contribution < 1.29 is 23.5 Å². The topological polar surface area (TPSA) is 127 Å². The number of rotatable bonds is 13. The van der Waals surface area contributed by atoms with Crippen molar-refractivity contribution in [2.45, 2.75) is 69.2 Å². The largest absolute Gasteiger partial charge is 0.497 e. The zero-order valence-electron chi connectivity index (χ0n) is 23.3. The molecule has 3 rings (SSSR count). The van der Waals surface area contributed by atoms with E-state index in [1.54, 1.807) is 24.3 Å². The Bertz CT molecular complexity index is 1100. The van der Waals surface area contributed by atoms with Crippen LogP contribution in [0.15, 0.2) is 33.9 Å². The molecule has 0 aliphatic heterocycles. The molecule has 0 bridgehead atoms. The minimum atomic E-state index is -1.12. The summed E-state index contributed by atoms with van der Waals surface area (Å²) in [7, 11) is 5.48. The van der Waals surface area contributed by atoms with Crippen LogP contribution in [0.4, 0.5) is 0 Å². The summed E-state index contributed by atoms with van der Waals surface area (Å²) < 4.78 is 10.9. The molecule has 1 aliphatic carbocycles. The van der Waals surface area contributed by atoms with Crippen molar-refractivity contribution in [2.75, 3.05) is 33.5 Å². The fraction of sp³-hybridized carbons (Fsp3) is 0.593. The second kappa shape index (κ2) is 15.2. The first-order valence-electron chi connectivity index (χ1n) is 13.1. The van der Waals surface area contributed by atoms with Crippen molar-refractivity contribution in [3.05, 3.63) is 35.7 Å². The van der Waals surface area contributed by atoms with E-state index in [1.807, 2.05) is 32.8 Å². The molecule has 1 aromatic heterocycles. The number of benzene rings is 1. The Morgan fingerprint density at radius 2 is 1.87 bits per heavy atom. The molecule has 1 unspecified atom stereocenters. The summed E-state index contributed by atoms with van der Waals surface area (Å²) in [5.74, 6) is 0.141. The normalized spacial score (nSPS) is 15.4. The Labute approximate surface area is 240 Å². The third-order valence-electron chi connectivity index (χ3n) is 6.54. The number of carbonyl (C=O) groups excluding carboxylic acids is 3. The van der Waals surface area contributed by atoms with Crippen LogP contribution < -0.4 is 15.4 Å². The molecule has 1 heterocycles. The average molecular weight is 582 g/mol. The van der Waals surface area contributed by atoms with Gasteiger partial charge in [-0.2, -0.15) is 0 Å². The van der Waals surface area contributed by atoms with Crippen LogP contribution in [-0.2, 0) is 4.79 Å². The van der Waals surface area contributed by atoms with Gasteiger partial charge in [0.2, 0.25) is 11.7 Å². The first-order valence-corrected chi connectivity index (χ1v) is 14.0. The van der Waals surface area contributed by atoms with E-state index in [0.717, 1.165) is 31.6 Å². The Morgan fingerprint density at radius 3 is 2.51 bits per heavy atom. The van der Waals surface area contributed by atoms with Gasteiger partial charge < -0.3 is 24.7 Å². The summed E-state index contributed by atoms with van der Waals surface area (Å²) in [5.41, 5.74) is -0.710. The standard InChI is InChI=1S/C27H39N5O5S.ClH/c1-18(2)16-21(22(33)24-30-31-26(37-24)38-15-14-32(3)4)28-25(35)27(12-7-6-8-13-27)29-23(34)19-10-9-11-20(17-19)36-5;/h9-11,17-18,21H,6-8,12-16H2,1-5H3,(H,28,35)(H,29,34);1H. The van der Waals surface area contributed by atoms with Crippen molar-refractivity contribution in [2.24, 2.45) is 5.92 Å². The highest BCUT2D eigenvalue weighted by atomic mass is 35.5. The number of hydrogen-bond acceptors (Lipinski definition) is 9. The van der Waals surface area contributed by atoms with Gasteiger partial charge in [-0.15, -0.1) is 22.6 Å². The van der Waals surface area contributed by atoms with Crippen molar-refractivity contribution >= 4 is 41.8 Å². The quantitative estimate of drug-likeness (QED) is 0.266. The molecule has 0 spiro atoms. The van der Waals surface area contributed by atoms with Crippen molar-refractivity contribution in [1.82, 2.24) is 25.7 Å². The molecule has 10 nitrogen and oxygen atoms in total. The maximum Gasteiger partial charge on any atom is 0.286 e. The molecule has 2 N–H and O–H groups in total. The third kappa shape index (κ3) is 9.22. The minimum Gasteiger partial charge on any atom is -0.497 e. The van der Waals surface area contributed by atoms with Crippen molar-refractivity contribution in [3.8, 4) is 5.75 Å². The van der Waals surface area contributed by atoms with Gasteiger partial charge in [0.25, 0.3) is 17.0 Å².